The maximum Gasteiger partial charge on any atom is 0.0662 e. The molecule has 0 amide bonds. The number of rotatable bonds is 7. The molecule has 0 aliphatic heterocycles. The summed E-state index contributed by atoms with van der Waals surface area (Å²) in [5.74, 6) is 0.702. The molecule has 3 heteroatoms. The molecule has 21 heavy (non-hydrogen) atoms. The molecule has 0 atom stereocenters. The van der Waals surface area contributed by atoms with Crippen LogP contribution in [0.1, 0.15) is 36.4 Å². The molecule has 0 aliphatic rings. The van der Waals surface area contributed by atoms with Crippen LogP contribution in [0.5, 0.6) is 0 Å². The van der Waals surface area contributed by atoms with Crippen LogP contribution in [0.4, 0.5) is 0 Å². The Morgan fingerprint density at radius 2 is 1.86 bits per heavy atom. The molecule has 0 aliphatic carbocycles. The highest BCUT2D eigenvalue weighted by Gasteiger charge is 2.11. The molecular weight excluding hydrogens is 258 g/mol. The lowest BCUT2D eigenvalue weighted by Crippen LogP contribution is -2.22. The minimum Gasteiger partial charge on any atom is -0.316 e. The van der Waals surface area contributed by atoms with Crippen molar-refractivity contribution < 1.29 is 0 Å². The first-order valence-electron chi connectivity index (χ1n) is 7.85. The molecule has 0 saturated carbocycles. The van der Waals surface area contributed by atoms with Crippen molar-refractivity contribution in [2.75, 3.05) is 13.1 Å². The molecule has 3 nitrogen and oxygen atoms in total. The van der Waals surface area contributed by atoms with Crippen LogP contribution in [0, 0.1) is 19.8 Å². The maximum atomic E-state index is 4.71. The smallest absolute Gasteiger partial charge is 0.0662 e. The summed E-state index contributed by atoms with van der Waals surface area (Å²) >= 11 is 0. The van der Waals surface area contributed by atoms with E-state index in [1.165, 1.54) is 16.8 Å². The third kappa shape index (κ3) is 4.43. The first-order chi connectivity index (χ1) is 10.1. The van der Waals surface area contributed by atoms with Gasteiger partial charge in [-0.1, -0.05) is 44.2 Å². The van der Waals surface area contributed by atoms with Crippen LogP contribution in [0.3, 0.4) is 0 Å². The molecule has 0 saturated heterocycles. The Balaban J connectivity index is 2.00. The van der Waals surface area contributed by atoms with Crippen molar-refractivity contribution in [3.05, 3.63) is 52.8 Å². The van der Waals surface area contributed by atoms with Crippen LogP contribution in [-0.2, 0) is 13.0 Å². The largest absolute Gasteiger partial charge is 0.316 e. The predicted molar refractivity (Wildman–Crippen MR) is 88.7 cm³/mol. The number of aromatic nitrogens is 2. The van der Waals surface area contributed by atoms with Crippen molar-refractivity contribution in [2.45, 2.75) is 40.7 Å². The molecule has 0 radical (unpaired) electrons. The highest BCUT2D eigenvalue weighted by Crippen LogP contribution is 2.15. The Kier molecular flexibility index (Phi) is 5.57. The van der Waals surface area contributed by atoms with Gasteiger partial charge in [-0.15, -0.1) is 0 Å². The predicted octanol–water partition coefficient (Wildman–Crippen LogP) is 3.34. The normalized spacial score (nSPS) is 11.3. The van der Waals surface area contributed by atoms with E-state index in [0.717, 1.165) is 31.7 Å². The summed E-state index contributed by atoms with van der Waals surface area (Å²) in [7, 11) is 0. The summed E-state index contributed by atoms with van der Waals surface area (Å²) in [6.45, 7) is 11.7. The fourth-order valence-corrected chi connectivity index (χ4v) is 2.61. The fraction of sp³-hybridized carbons (Fsp3) is 0.500. The van der Waals surface area contributed by atoms with E-state index in [-0.39, 0.29) is 0 Å². The Bertz CT molecular complexity index is 555. The number of hydrogen-bond donors (Lipinski definition) is 1. The minimum absolute atomic E-state index is 0.702. The van der Waals surface area contributed by atoms with Gasteiger partial charge in [0.15, 0.2) is 0 Å². The second-order valence-electron chi connectivity index (χ2n) is 6.14. The topological polar surface area (TPSA) is 29.9 Å². The molecule has 1 aromatic carbocycles. The Hall–Kier alpha value is -1.61. The number of hydrogen-bond acceptors (Lipinski definition) is 2. The molecule has 0 fully saturated rings. The monoisotopic (exact) mass is 285 g/mol. The summed E-state index contributed by atoms with van der Waals surface area (Å²) in [6.07, 6.45) is 1.05. The average Bonchev–Trinajstić information content (AvgIpc) is 2.71. The van der Waals surface area contributed by atoms with E-state index in [1.807, 2.05) is 0 Å². The van der Waals surface area contributed by atoms with Crippen LogP contribution in [-0.4, -0.2) is 22.9 Å². The van der Waals surface area contributed by atoms with Crippen molar-refractivity contribution in [1.82, 2.24) is 15.1 Å². The van der Waals surface area contributed by atoms with Gasteiger partial charge in [0.1, 0.15) is 0 Å². The lowest BCUT2D eigenvalue weighted by Gasteiger charge is -2.08. The summed E-state index contributed by atoms with van der Waals surface area (Å²) in [4.78, 5) is 0. The summed E-state index contributed by atoms with van der Waals surface area (Å²) in [5, 5.41) is 8.22. The van der Waals surface area contributed by atoms with Crippen LogP contribution in [0.25, 0.3) is 0 Å². The molecule has 0 bridgehead atoms. The maximum absolute atomic E-state index is 4.71. The number of benzene rings is 1. The van der Waals surface area contributed by atoms with Crippen LogP contribution in [0.15, 0.2) is 30.3 Å². The minimum atomic E-state index is 0.702. The van der Waals surface area contributed by atoms with Crippen molar-refractivity contribution in [3.63, 3.8) is 0 Å². The van der Waals surface area contributed by atoms with Crippen LogP contribution >= 0.6 is 0 Å². The third-order valence-corrected chi connectivity index (χ3v) is 3.81. The van der Waals surface area contributed by atoms with E-state index in [4.69, 9.17) is 5.10 Å². The van der Waals surface area contributed by atoms with Gasteiger partial charge in [0.05, 0.1) is 12.2 Å². The Morgan fingerprint density at radius 3 is 2.52 bits per heavy atom. The number of aryl methyl sites for hydroxylation is 1. The molecule has 2 aromatic rings. The number of nitrogens with one attached hydrogen (secondary N) is 1. The number of nitrogens with zero attached hydrogens (tertiary/aromatic N) is 2. The molecule has 0 spiro atoms. The molecule has 114 valence electrons. The Labute approximate surface area is 128 Å². The second kappa shape index (κ2) is 7.41. The van der Waals surface area contributed by atoms with E-state index >= 15 is 0 Å². The highest BCUT2D eigenvalue weighted by atomic mass is 15.3. The zero-order valence-electron chi connectivity index (χ0n) is 13.7. The molecule has 1 aromatic heterocycles. The van der Waals surface area contributed by atoms with Gasteiger partial charge < -0.3 is 5.32 Å². The molecule has 2 rings (SSSR count). The highest BCUT2D eigenvalue weighted by molar-refractivity contribution is 5.26. The van der Waals surface area contributed by atoms with E-state index < -0.39 is 0 Å². The van der Waals surface area contributed by atoms with Gasteiger partial charge in [0.25, 0.3) is 0 Å². The van der Waals surface area contributed by atoms with Crippen molar-refractivity contribution in [2.24, 2.45) is 5.92 Å². The molecule has 0 unspecified atom stereocenters. The third-order valence-electron chi connectivity index (χ3n) is 3.81. The van der Waals surface area contributed by atoms with Gasteiger partial charge in [-0.05, 0) is 50.4 Å². The summed E-state index contributed by atoms with van der Waals surface area (Å²) in [6, 6.07) is 10.5. The van der Waals surface area contributed by atoms with Crippen LogP contribution < -0.4 is 5.32 Å². The van der Waals surface area contributed by atoms with E-state index in [2.05, 4.69) is 68.0 Å². The van der Waals surface area contributed by atoms with Crippen molar-refractivity contribution in [1.29, 1.82) is 0 Å². The summed E-state index contributed by atoms with van der Waals surface area (Å²) < 4.78 is 2.13. The standard InChI is InChI=1S/C18H27N3/c1-14(2)12-19-11-10-18-15(3)20-21(16(18)4)13-17-8-6-5-7-9-17/h5-9,14,19H,10-13H2,1-4H3. The van der Waals surface area contributed by atoms with Gasteiger partial charge in [-0.25, -0.2) is 0 Å². The van der Waals surface area contributed by atoms with Gasteiger partial charge in [0.2, 0.25) is 0 Å². The van der Waals surface area contributed by atoms with Crippen molar-refractivity contribution in [3.8, 4) is 0 Å². The van der Waals surface area contributed by atoms with Crippen molar-refractivity contribution >= 4 is 0 Å². The quantitative estimate of drug-likeness (QED) is 0.791. The van der Waals surface area contributed by atoms with Gasteiger partial charge in [-0.3, -0.25) is 4.68 Å². The zero-order chi connectivity index (χ0) is 15.2. The van der Waals surface area contributed by atoms with Gasteiger partial charge in [-0.2, -0.15) is 5.10 Å². The van der Waals surface area contributed by atoms with E-state index in [1.54, 1.807) is 0 Å². The average molecular weight is 285 g/mol. The summed E-state index contributed by atoms with van der Waals surface area (Å²) in [5.41, 5.74) is 5.15. The lowest BCUT2D eigenvalue weighted by atomic mass is 10.1. The molecule has 1 heterocycles. The van der Waals surface area contributed by atoms with Gasteiger partial charge >= 0.3 is 0 Å². The fourth-order valence-electron chi connectivity index (χ4n) is 2.61. The van der Waals surface area contributed by atoms with E-state index in [0.29, 0.717) is 5.92 Å². The first-order valence-corrected chi connectivity index (χ1v) is 7.85. The van der Waals surface area contributed by atoms with E-state index in [9.17, 15) is 0 Å². The zero-order valence-corrected chi connectivity index (χ0v) is 13.7. The lowest BCUT2D eigenvalue weighted by molar-refractivity contribution is 0.553. The molecule has 1 N–H and O–H groups in total. The molecular formula is C18H27N3. The first kappa shape index (κ1) is 15.8. The SMILES string of the molecule is Cc1nn(Cc2ccccc2)c(C)c1CCNCC(C)C. The second-order valence-corrected chi connectivity index (χ2v) is 6.14. The Morgan fingerprint density at radius 1 is 1.14 bits per heavy atom. The van der Waals surface area contributed by atoms with Gasteiger partial charge in [0, 0.05) is 5.69 Å². The van der Waals surface area contributed by atoms with Crippen LogP contribution in [0.2, 0.25) is 0 Å².